The quantitative estimate of drug-likeness (QED) is 0.0429. The molecule has 0 heterocycles. The Morgan fingerprint density at radius 1 is 0.247 bits per heavy atom. The lowest BCUT2D eigenvalue weighted by Gasteiger charge is -2.22. The van der Waals surface area contributed by atoms with Crippen LogP contribution >= 0.6 is 0 Å². The molecular weight excluding hydrogens is 1010 g/mol. The number of hydrogen-bond acceptors (Lipinski definition) is 22. The summed E-state index contributed by atoms with van der Waals surface area (Å²) in [6, 6.07) is 0. The van der Waals surface area contributed by atoms with Crippen molar-refractivity contribution in [1.82, 2.24) is 0 Å². The minimum absolute atomic E-state index is 0.104. The zero-order valence-corrected chi connectivity index (χ0v) is 49.5. The van der Waals surface area contributed by atoms with Gasteiger partial charge in [0, 0.05) is 72.7 Å². The van der Waals surface area contributed by atoms with Crippen LogP contribution in [-0.2, 0) is 71.1 Å². The average molecular weight is 1130 g/mol. The number of ether oxygens (including phenoxy) is 15. The van der Waals surface area contributed by atoms with E-state index in [9.17, 15) is 20.4 Å². The lowest BCUT2D eigenvalue weighted by molar-refractivity contribution is -0.108. The van der Waals surface area contributed by atoms with Crippen LogP contribution in [0.4, 0.5) is 0 Å². The van der Waals surface area contributed by atoms with E-state index in [0.29, 0.717) is 138 Å². The second-order valence-electron chi connectivity index (χ2n) is 18.7. The van der Waals surface area contributed by atoms with E-state index in [-0.39, 0.29) is 96.1 Å². The molecular formula is C55H116O22. The lowest BCUT2D eigenvalue weighted by Crippen LogP contribution is -2.33. The summed E-state index contributed by atoms with van der Waals surface area (Å²) in [6.07, 6.45) is 4.67. The Morgan fingerprint density at radius 3 is 0.740 bits per heavy atom. The molecule has 0 saturated carbocycles. The van der Waals surface area contributed by atoms with Gasteiger partial charge < -0.3 is 107 Å². The first-order chi connectivity index (χ1) is 37.3. The van der Waals surface area contributed by atoms with Crippen molar-refractivity contribution in [3.8, 4) is 0 Å². The van der Waals surface area contributed by atoms with Gasteiger partial charge in [-0.2, -0.15) is 0 Å². The Balaban J connectivity index is -0.00000107. The molecule has 0 aliphatic rings. The largest absolute Gasteiger partial charge is 0.396 e. The zero-order chi connectivity index (χ0) is 57.8. The summed E-state index contributed by atoms with van der Waals surface area (Å²) < 4.78 is 84.1. The van der Waals surface area contributed by atoms with E-state index in [1.165, 1.54) is 0 Å². The summed E-state index contributed by atoms with van der Waals surface area (Å²) in [7, 11) is 0. The lowest BCUT2D eigenvalue weighted by atomic mass is 10.3. The summed E-state index contributed by atoms with van der Waals surface area (Å²) >= 11 is 0. The Bertz CT molecular complexity index is 1090. The first-order valence-electron chi connectivity index (χ1n) is 28.7. The van der Waals surface area contributed by atoms with Crippen molar-refractivity contribution in [3.05, 3.63) is 0 Å². The van der Waals surface area contributed by atoms with Gasteiger partial charge in [0.25, 0.3) is 0 Å². The molecule has 22 heteroatoms. The normalized spacial score (nSPS) is 15.6. The van der Waals surface area contributed by atoms with Gasteiger partial charge in [0.15, 0.2) is 0 Å². The van der Waals surface area contributed by atoms with Crippen LogP contribution in [0.25, 0.3) is 0 Å². The Hall–Kier alpha value is -0.880. The molecule has 0 aromatic rings. The molecule has 10 atom stereocenters. The molecule has 22 nitrogen and oxygen atoms in total. The van der Waals surface area contributed by atoms with Crippen LogP contribution in [0, 0.1) is 0 Å². The van der Waals surface area contributed by atoms with Gasteiger partial charge in [0.1, 0.15) is 36.6 Å². The highest BCUT2D eigenvalue weighted by Crippen LogP contribution is 2.07. The van der Waals surface area contributed by atoms with Gasteiger partial charge in [-0.25, -0.2) is 0 Å². The molecule has 77 heavy (non-hydrogen) atoms. The number of rotatable bonds is 58. The second-order valence-corrected chi connectivity index (χ2v) is 18.7. The fourth-order valence-corrected chi connectivity index (χ4v) is 5.96. The topological polar surface area (TPSA) is 280 Å². The number of aliphatic hydroxyl groups is 7. The minimum Gasteiger partial charge on any atom is -0.396 e. The average Bonchev–Trinajstić information content (AvgIpc) is 3.39. The van der Waals surface area contributed by atoms with E-state index >= 15 is 0 Å². The first-order valence-corrected chi connectivity index (χ1v) is 28.7. The predicted octanol–water partition coefficient (Wildman–Crippen LogP) is 3.53. The van der Waals surface area contributed by atoms with E-state index in [1.54, 1.807) is 27.7 Å². The van der Waals surface area contributed by atoms with Crippen LogP contribution in [0.3, 0.4) is 0 Å². The molecule has 0 aromatic carbocycles. The molecule has 0 fully saturated rings. The highest BCUT2D eigenvalue weighted by Gasteiger charge is 2.18. The van der Waals surface area contributed by atoms with E-state index in [4.69, 9.17) is 86.4 Å². The maximum Gasteiger partial charge on any atom is 0.104 e. The standard InChI is InChI=1S/C19H40O8.2C18H38O7/c1-4-5-9-26-18(12-23-8-6-7-20)13-25-15-19(27-11-17(3)22)14-24-10-16(2)21;1-4-6-10-25-18(12-21-9-7-8-19)15-23-14-17(24-5-2)13-22-11-16(3)20;1-4-6-10-24-17(13-22-9-7-8-19)14-23-15-18(12-21-5-2)25-11-16(3)20/h16-22H,4-15H2,1-3H3;2*16-20H,4-15H2,1-3H3. The van der Waals surface area contributed by atoms with Crippen molar-refractivity contribution in [2.75, 3.05) is 178 Å². The van der Waals surface area contributed by atoms with Crippen molar-refractivity contribution in [1.29, 1.82) is 0 Å². The van der Waals surface area contributed by atoms with Crippen LogP contribution in [0.15, 0.2) is 0 Å². The van der Waals surface area contributed by atoms with Crippen molar-refractivity contribution >= 4 is 0 Å². The maximum atomic E-state index is 9.39. The van der Waals surface area contributed by atoms with Crippen LogP contribution in [-0.4, -0.2) is 275 Å². The number of hydrogen-bond donors (Lipinski definition) is 7. The van der Waals surface area contributed by atoms with Gasteiger partial charge in [0.2, 0.25) is 0 Å². The molecule has 0 rings (SSSR count). The van der Waals surface area contributed by atoms with Gasteiger partial charge in [0.05, 0.1) is 130 Å². The highest BCUT2D eigenvalue weighted by molar-refractivity contribution is 4.64. The molecule has 468 valence electrons. The third-order valence-electron chi connectivity index (χ3n) is 10.0. The van der Waals surface area contributed by atoms with Crippen molar-refractivity contribution in [2.24, 2.45) is 0 Å². The molecule has 0 aromatic heterocycles. The number of unbranched alkanes of at least 4 members (excludes halogenated alkanes) is 3. The fourth-order valence-electron chi connectivity index (χ4n) is 5.96. The predicted molar refractivity (Wildman–Crippen MR) is 294 cm³/mol. The molecule has 0 bridgehead atoms. The van der Waals surface area contributed by atoms with E-state index < -0.39 is 24.4 Å². The zero-order valence-electron chi connectivity index (χ0n) is 49.5. The highest BCUT2D eigenvalue weighted by atomic mass is 16.6. The van der Waals surface area contributed by atoms with Gasteiger partial charge in [-0.1, -0.05) is 40.0 Å². The van der Waals surface area contributed by atoms with Gasteiger partial charge >= 0.3 is 0 Å². The Labute approximate surface area is 465 Å². The van der Waals surface area contributed by atoms with E-state index in [0.717, 1.165) is 38.5 Å². The van der Waals surface area contributed by atoms with E-state index in [2.05, 4.69) is 20.8 Å². The van der Waals surface area contributed by atoms with Crippen LogP contribution in [0.2, 0.25) is 0 Å². The third-order valence-corrected chi connectivity index (χ3v) is 10.0. The maximum absolute atomic E-state index is 9.39. The van der Waals surface area contributed by atoms with Gasteiger partial charge in [-0.15, -0.1) is 0 Å². The summed E-state index contributed by atoms with van der Waals surface area (Å²) in [4.78, 5) is 0. The van der Waals surface area contributed by atoms with Gasteiger partial charge in [-0.3, -0.25) is 0 Å². The summed E-state index contributed by atoms with van der Waals surface area (Å²) in [5.41, 5.74) is 0. The summed E-state index contributed by atoms with van der Waals surface area (Å²) in [6.45, 7) is 27.4. The Kier molecular flexibility index (Phi) is 67.1. The molecule has 10 unspecified atom stereocenters. The number of aliphatic hydroxyl groups excluding tert-OH is 7. The Morgan fingerprint density at radius 2 is 0.494 bits per heavy atom. The van der Waals surface area contributed by atoms with Crippen molar-refractivity contribution < 1.29 is 107 Å². The molecule has 0 aliphatic carbocycles. The SMILES string of the molecule is CCCCOC(COCCCO)COCC(COCC(C)O)OCC.CCCCOC(COCCCO)COCC(COCC(C)O)OCC(C)O.CCCCOC(COCCCO)COCC(COCC)OCC(C)O. The van der Waals surface area contributed by atoms with E-state index in [1.807, 2.05) is 13.8 Å². The monoisotopic (exact) mass is 1130 g/mol. The first kappa shape index (κ1) is 80.3. The molecule has 7 N–H and O–H groups in total. The fraction of sp³-hybridized carbons (Fsp3) is 1.00. The molecule has 0 amide bonds. The molecule has 0 radical (unpaired) electrons. The third kappa shape index (κ3) is 64.2. The molecule has 0 spiro atoms. The molecule has 0 saturated heterocycles. The summed E-state index contributed by atoms with van der Waals surface area (Å²) in [5.74, 6) is 0. The summed E-state index contributed by atoms with van der Waals surface area (Å²) in [5, 5.41) is 63.6. The smallest absolute Gasteiger partial charge is 0.104 e. The minimum atomic E-state index is -0.575. The molecule has 0 aliphatic heterocycles. The van der Waals surface area contributed by atoms with Crippen molar-refractivity contribution in [2.45, 2.75) is 181 Å². The van der Waals surface area contributed by atoms with Crippen molar-refractivity contribution in [3.63, 3.8) is 0 Å². The van der Waals surface area contributed by atoms with Crippen LogP contribution in [0.5, 0.6) is 0 Å². The van der Waals surface area contributed by atoms with Gasteiger partial charge in [-0.05, 0) is 80.1 Å². The van der Waals surface area contributed by atoms with Crippen LogP contribution in [0.1, 0.15) is 120 Å². The second kappa shape index (κ2) is 64.3. The van der Waals surface area contributed by atoms with Crippen LogP contribution < -0.4 is 0 Å².